The fraction of sp³-hybridized carbons (Fsp3) is 0.391. The number of esters is 1. The number of carbonyl (C=O) groups excluding carboxylic acids is 1. The molecule has 3 aromatic rings. The first kappa shape index (κ1) is 20.3. The summed E-state index contributed by atoms with van der Waals surface area (Å²) < 4.78 is 11.7. The van der Waals surface area contributed by atoms with Crippen molar-refractivity contribution in [3.63, 3.8) is 0 Å². The van der Waals surface area contributed by atoms with Crippen molar-refractivity contribution >= 4 is 27.4 Å². The second-order valence-electron chi connectivity index (χ2n) is 6.92. The number of pyridine rings is 1. The molecule has 4 nitrogen and oxygen atoms in total. The van der Waals surface area contributed by atoms with Crippen LogP contribution in [0.25, 0.3) is 10.1 Å². The number of ether oxygens (including phenoxy) is 2. The van der Waals surface area contributed by atoms with E-state index in [1.807, 2.05) is 12.1 Å². The van der Waals surface area contributed by atoms with Crippen LogP contribution < -0.4 is 4.74 Å². The molecule has 0 atom stereocenters. The van der Waals surface area contributed by atoms with Gasteiger partial charge in [0.15, 0.2) is 5.75 Å². The zero-order chi connectivity index (χ0) is 19.8. The number of thiophene rings is 1. The van der Waals surface area contributed by atoms with E-state index >= 15 is 0 Å². The Kier molecular flexibility index (Phi) is 7.43. The zero-order valence-electron chi connectivity index (χ0n) is 16.6. The van der Waals surface area contributed by atoms with E-state index in [9.17, 15) is 4.79 Å². The van der Waals surface area contributed by atoms with Crippen molar-refractivity contribution in [3.8, 4) is 11.5 Å². The predicted octanol–water partition coefficient (Wildman–Crippen LogP) is 6.78. The first-order valence-corrected chi connectivity index (χ1v) is 10.8. The maximum Gasteiger partial charge on any atom is 0.348 e. The Morgan fingerprint density at radius 2 is 1.79 bits per heavy atom. The van der Waals surface area contributed by atoms with Gasteiger partial charge in [0.2, 0.25) is 0 Å². The smallest absolute Gasteiger partial charge is 0.348 e. The summed E-state index contributed by atoms with van der Waals surface area (Å²) in [7, 11) is 1.38. The van der Waals surface area contributed by atoms with Crippen LogP contribution in [0, 0.1) is 0 Å². The second-order valence-corrected chi connectivity index (χ2v) is 8.00. The number of hydrogen-bond donors (Lipinski definition) is 0. The van der Waals surface area contributed by atoms with Crippen molar-refractivity contribution in [1.29, 1.82) is 0 Å². The lowest BCUT2D eigenvalue weighted by Crippen LogP contribution is -1.96. The van der Waals surface area contributed by atoms with Crippen molar-refractivity contribution in [2.45, 2.75) is 51.9 Å². The number of rotatable bonds is 10. The van der Waals surface area contributed by atoms with Gasteiger partial charge in [-0.3, -0.25) is 4.98 Å². The van der Waals surface area contributed by atoms with Crippen LogP contribution in [0.15, 0.2) is 42.7 Å². The minimum Gasteiger partial charge on any atom is -0.465 e. The van der Waals surface area contributed by atoms with E-state index in [1.54, 1.807) is 18.5 Å². The van der Waals surface area contributed by atoms with Crippen LogP contribution in [0.1, 0.15) is 60.7 Å². The largest absolute Gasteiger partial charge is 0.465 e. The summed E-state index contributed by atoms with van der Waals surface area (Å²) in [5.74, 6) is 1.07. The molecule has 0 saturated carbocycles. The number of aromatic nitrogens is 1. The molecule has 5 heteroatoms. The SMILES string of the molecule is CCCCCCCCc1ccc(Oc2cncc3sc(C(=O)OC)cc23)cc1. The lowest BCUT2D eigenvalue weighted by Gasteiger charge is -2.08. The van der Waals surface area contributed by atoms with Crippen molar-refractivity contribution in [2.75, 3.05) is 7.11 Å². The van der Waals surface area contributed by atoms with Crippen LogP contribution in [0.5, 0.6) is 11.5 Å². The highest BCUT2D eigenvalue weighted by Crippen LogP contribution is 2.34. The third-order valence-corrected chi connectivity index (χ3v) is 5.82. The Labute approximate surface area is 170 Å². The molecule has 1 aromatic carbocycles. The van der Waals surface area contributed by atoms with Gasteiger partial charge in [0.1, 0.15) is 10.6 Å². The Bertz CT molecular complexity index is 902. The number of fused-ring (bicyclic) bond motifs is 1. The van der Waals surface area contributed by atoms with Crippen molar-refractivity contribution < 1.29 is 14.3 Å². The summed E-state index contributed by atoms with van der Waals surface area (Å²) in [5, 5.41) is 0.872. The molecule has 0 amide bonds. The van der Waals surface area contributed by atoms with Crippen LogP contribution >= 0.6 is 11.3 Å². The van der Waals surface area contributed by atoms with Gasteiger partial charge in [0, 0.05) is 11.6 Å². The predicted molar refractivity (Wildman–Crippen MR) is 115 cm³/mol. The highest BCUT2D eigenvalue weighted by molar-refractivity contribution is 7.20. The highest BCUT2D eigenvalue weighted by Gasteiger charge is 2.14. The third-order valence-electron chi connectivity index (χ3n) is 4.77. The van der Waals surface area contributed by atoms with Gasteiger partial charge in [0.25, 0.3) is 0 Å². The van der Waals surface area contributed by atoms with Crippen molar-refractivity contribution in [2.24, 2.45) is 0 Å². The number of unbranched alkanes of at least 4 members (excludes halogenated alkanes) is 5. The molecule has 0 saturated heterocycles. The van der Waals surface area contributed by atoms with E-state index < -0.39 is 0 Å². The molecule has 0 aliphatic heterocycles. The van der Waals surface area contributed by atoms with Gasteiger partial charge < -0.3 is 9.47 Å². The third kappa shape index (κ3) is 5.32. The molecule has 28 heavy (non-hydrogen) atoms. The lowest BCUT2D eigenvalue weighted by molar-refractivity contribution is 0.0606. The molecular formula is C23H27NO3S. The molecule has 0 N–H and O–H groups in total. The summed E-state index contributed by atoms with van der Waals surface area (Å²) in [4.78, 5) is 16.6. The van der Waals surface area contributed by atoms with Gasteiger partial charge in [-0.05, 0) is 36.6 Å². The minimum absolute atomic E-state index is 0.341. The van der Waals surface area contributed by atoms with Crippen LogP contribution in [-0.4, -0.2) is 18.1 Å². The summed E-state index contributed by atoms with van der Waals surface area (Å²) in [6.07, 6.45) is 12.4. The number of hydrogen-bond acceptors (Lipinski definition) is 5. The number of nitrogens with zero attached hydrogens (tertiary/aromatic N) is 1. The molecule has 0 bridgehead atoms. The molecule has 0 radical (unpaired) electrons. The molecule has 0 fully saturated rings. The van der Waals surface area contributed by atoms with Gasteiger partial charge in [0.05, 0.1) is 18.0 Å². The maximum atomic E-state index is 11.8. The van der Waals surface area contributed by atoms with Crippen LogP contribution in [0.4, 0.5) is 0 Å². The number of benzene rings is 1. The Hall–Kier alpha value is -2.40. The first-order valence-electron chi connectivity index (χ1n) is 9.94. The monoisotopic (exact) mass is 397 g/mol. The van der Waals surface area contributed by atoms with Gasteiger partial charge in [-0.1, -0.05) is 51.2 Å². The molecule has 2 heterocycles. The Balaban J connectivity index is 1.61. The number of aryl methyl sites for hydroxylation is 1. The topological polar surface area (TPSA) is 48.4 Å². The fourth-order valence-corrected chi connectivity index (χ4v) is 4.14. The number of carbonyl (C=O) groups is 1. The Morgan fingerprint density at radius 1 is 1.04 bits per heavy atom. The van der Waals surface area contributed by atoms with E-state index in [0.717, 1.165) is 22.3 Å². The number of methoxy groups -OCH3 is 1. The van der Waals surface area contributed by atoms with Crippen LogP contribution in [0.3, 0.4) is 0 Å². The molecule has 2 aromatic heterocycles. The van der Waals surface area contributed by atoms with Crippen LogP contribution in [-0.2, 0) is 11.2 Å². The summed E-state index contributed by atoms with van der Waals surface area (Å²) in [6.45, 7) is 2.25. The van der Waals surface area contributed by atoms with Crippen molar-refractivity contribution in [1.82, 2.24) is 4.98 Å². The molecule has 148 valence electrons. The maximum absolute atomic E-state index is 11.8. The molecule has 0 unspecified atom stereocenters. The average Bonchev–Trinajstić information content (AvgIpc) is 3.16. The van der Waals surface area contributed by atoms with Gasteiger partial charge in [-0.2, -0.15) is 0 Å². The average molecular weight is 398 g/mol. The Morgan fingerprint density at radius 3 is 2.54 bits per heavy atom. The van der Waals surface area contributed by atoms with E-state index in [0.29, 0.717) is 10.6 Å². The zero-order valence-corrected chi connectivity index (χ0v) is 17.4. The quantitative estimate of drug-likeness (QED) is 0.279. The normalized spacial score (nSPS) is 10.9. The van der Waals surface area contributed by atoms with E-state index in [2.05, 4.69) is 24.0 Å². The molecule has 0 spiro atoms. The van der Waals surface area contributed by atoms with E-state index in [4.69, 9.17) is 9.47 Å². The highest BCUT2D eigenvalue weighted by atomic mass is 32.1. The molecule has 0 aliphatic carbocycles. The standard InChI is InChI=1S/C23H27NO3S/c1-3-4-5-6-7-8-9-17-10-12-18(13-11-17)27-20-15-24-16-22-19(20)14-21(28-22)23(25)26-2/h10-16H,3-9H2,1-2H3. The van der Waals surface area contributed by atoms with E-state index in [1.165, 1.54) is 62.5 Å². The fourth-order valence-electron chi connectivity index (χ4n) is 3.18. The lowest BCUT2D eigenvalue weighted by atomic mass is 10.0. The minimum atomic E-state index is -0.341. The van der Waals surface area contributed by atoms with Crippen LogP contribution in [0.2, 0.25) is 0 Å². The summed E-state index contributed by atoms with van der Waals surface area (Å²) in [5.41, 5.74) is 1.34. The molecular weight excluding hydrogens is 370 g/mol. The summed E-state index contributed by atoms with van der Waals surface area (Å²) in [6, 6.07) is 10.1. The first-order chi connectivity index (χ1) is 13.7. The van der Waals surface area contributed by atoms with Gasteiger partial charge >= 0.3 is 5.97 Å². The van der Waals surface area contributed by atoms with Gasteiger partial charge in [-0.25, -0.2) is 4.79 Å². The summed E-state index contributed by atoms with van der Waals surface area (Å²) >= 11 is 1.36. The second kappa shape index (κ2) is 10.2. The molecule has 0 aliphatic rings. The van der Waals surface area contributed by atoms with Gasteiger partial charge in [-0.15, -0.1) is 11.3 Å². The van der Waals surface area contributed by atoms with E-state index in [-0.39, 0.29) is 5.97 Å². The molecule has 3 rings (SSSR count). The van der Waals surface area contributed by atoms with Crippen molar-refractivity contribution in [3.05, 3.63) is 53.2 Å².